The Morgan fingerprint density at radius 1 is 1.90 bits per heavy atom. The molecule has 1 rings (SSSR count). The highest BCUT2D eigenvalue weighted by molar-refractivity contribution is 6.00. The minimum Gasteiger partial charge on any atom is -0.296 e. The molecule has 0 fully saturated rings. The number of terminal acetylenes is 1. The second-order valence-corrected chi connectivity index (χ2v) is 2.53. The largest absolute Gasteiger partial charge is 0.296 e. The molecule has 1 aliphatic heterocycles. The van der Waals surface area contributed by atoms with Gasteiger partial charge in [0.2, 0.25) is 0 Å². The molecular formula is C8H12N2. The maximum Gasteiger partial charge on any atom is 0.112 e. The maximum absolute atomic E-state index is 5.21. The van der Waals surface area contributed by atoms with Crippen molar-refractivity contribution in [2.75, 3.05) is 7.05 Å². The van der Waals surface area contributed by atoms with Gasteiger partial charge in [0, 0.05) is 13.5 Å². The summed E-state index contributed by atoms with van der Waals surface area (Å²) in [6.45, 7) is 2.15. The van der Waals surface area contributed by atoms with Crippen LogP contribution in [0.4, 0.5) is 0 Å². The van der Waals surface area contributed by atoms with Gasteiger partial charge in [-0.2, -0.15) is 5.10 Å². The molecule has 2 nitrogen and oxygen atoms in total. The van der Waals surface area contributed by atoms with E-state index in [0.29, 0.717) is 6.04 Å². The zero-order valence-electron chi connectivity index (χ0n) is 6.46. The van der Waals surface area contributed by atoms with Gasteiger partial charge in [-0.1, -0.05) is 12.8 Å². The van der Waals surface area contributed by atoms with Crippen molar-refractivity contribution in [2.24, 2.45) is 5.10 Å². The van der Waals surface area contributed by atoms with Gasteiger partial charge >= 0.3 is 0 Å². The lowest BCUT2D eigenvalue weighted by molar-refractivity contribution is 0.278. The lowest BCUT2D eigenvalue weighted by Crippen LogP contribution is -2.20. The summed E-state index contributed by atoms with van der Waals surface area (Å²) in [6.07, 6.45) is 7.27. The summed E-state index contributed by atoms with van der Waals surface area (Å²) in [5.74, 6) is 2.57. The Bertz CT molecular complexity index is 188. The van der Waals surface area contributed by atoms with Crippen molar-refractivity contribution in [2.45, 2.75) is 25.8 Å². The monoisotopic (exact) mass is 136 g/mol. The Kier molecular flexibility index (Phi) is 1.96. The molecule has 54 valence electrons. The highest BCUT2D eigenvalue weighted by atomic mass is 15.5. The summed E-state index contributed by atoms with van der Waals surface area (Å²) in [5.41, 5.74) is 0.884. The van der Waals surface area contributed by atoms with Gasteiger partial charge in [-0.15, -0.1) is 6.42 Å². The summed E-state index contributed by atoms with van der Waals surface area (Å²) < 4.78 is 0. The molecule has 0 aromatic carbocycles. The van der Waals surface area contributed by atoms with Crippen molar-refractivity contribution in [3.8, 4) is 12.3 Å². The summed E-state index contributed by atoms with van der Waals surface area (Å²) in [7, 11) is 1.97. The van der Waals surface area contributed by atoms with E-state index in [1.165, 1.54) is 0 Å². The molecule has 0 aliphatic carbocycles. The lowest BCUT2D eigenvalue weighted by Gasteiger charge is -2.15. The standard InChI is InChI=1S/C8H12N2/c1-4-7-6-8(5-2)10(3)9-7/h1,8H,5-6H2,2-3H3. The van der Waals surface area contributed by atoms with Gasteiger partial charge in [-0.25, -0.2) is 0 Å². The summed E-state index contributed by atoms with van der Waals surface area (Å²) >= 11 is 0. The highest BCUT2D eigenvalue weighted by Crippen LogP contribution is 2.14. The average molecular weight is 136 g/mol. The SMILES string of the molecule is C#CC1=NN(C)C(CC)C1. The molecule has 0 bridgehead atoms. The minimum atomic E-state index is 0.533. The first-order valence-electron chi connectivity index (χ1n) is 3.54. The number of rotatable bonds is 1. The Hall–Kier alpha value is -0.970. The Labute approximate surface area is 61.9 Å². The van der Waals surface area contributed by atoms with E-state index in [-0.39, 0.29) is 0 Å². The lowest BCUT2D eigenvalue weighted by atomic mass is 10.1. The Balaban J connectivity index is 2.59. The van der Waals surface area contributed by atoms with E-state index in [2.05, 4.69) is 17.9 Å². The zero-order valence-corrected chi connectivity index (χ0v) is 6.46. The predicted octanol–water partition coefficient (Wildman–Crippen LogP) is 1.09. The van der Waals surface area contributed by atoms with Gasteiger partial charge in [0.25, 0.3) is 0 Å². The first-order chi connectivity index (χ1) is 4.77. The Morgan fingerprint density at radius 3 is 2.90 bits per heavy atom. The molecule has 0 spiro atoms. The third-order valence-corrected chi connectivity index (χ3v) is 1.87. The van der Waals surface area contributed by atoms with E-state index < -0.39 is 0 Å². The summed E-state index contributed by atoms with van der Waals surface area (Å²) in [6, 6.07) is 0.533. The number of hydrogen-bond acceptors (Lipinski definition) is 2. The topological polar surface area (TPSA) is 15.6 Å². The van der Waals surface area contributed by atoms with E-state index in [0.717, 1.165) is 18.6 Å². The number of hydrazone groups is 1. The van der Waals surface area contributed by atoms with E-state index in [1.54, 1.807) is 0 Å². The van der Waals surface area contributed by atoms with Crippen LogP contribution >= 0.6 is 0 Å². The van der Waals surface area contributed by atoms with Gasteiger partial charge < -0.3 is 0 Å². The fraction of sp³-hybridized carbons (Fsp3) is 0.625. The maximum atomic E-state index is 5.21. The molecule has 0 amide bonds. The quantitative estimate of drug-likeness (QED) is 0.493. The molecule has 1 heterocycles. The molecule has 1 atom stereocenters. The zero-order chi connectivity index (χ0) is 7.56. The molecule has 0 N–H and O–H groups in total. The molecule has 0 saturated carbocycles. The van der Waals surface area contributed by atoms with Crippen molar-refractivity contribution in [1.82, 2.24) is 5.01 Å². The first-order valence-corrected chi connectivity index (χ1v) is 3.54. The smallest absolute Gasteiger partial charge is 0.112 e. The molecule has 2 heteroatoms. The predicted molar refractivity (Wildman–Crippen MR) is 42.7 cm³/mol. The van der Waals surface area contributed by atoms with Crippen LogP contribution in [0.2, 0.25) is 0 Å². The van der Waals surface area contributed by atoms with E-state index in [1.807, 2.05) is 12.1 Å². The number of hydrogen-bond donors (Lipinski definition) is 0. The molecular weight excluding hydrogens is 124 g/mol. The summed E-state index contributed by atoms with van der Waals surface area (Å²) in [4.78, 5) is 0. The molecule has 0 aromatic heterocycles. The van der Waals surface area contributed by atoms with Gasteiger partial charge in [-0.3, -0.25) is 5.01 Å². The van der Waals surface area contributed by atoms with Crippen molar-refractivity contribution >= 4 is 5.71 Å². The van der Waals surface area contributed by atoms with Gasteiger partial charge in [-0.05, 0) is 6.42 Å². The summed E-state index contributed by atoms with van der Waals surface area (Å²) in [5, 5.41) is 6.13. The van der Waals surface area contributed by atoms with E-state index >= 15 is 0 Å². The van der Waals surface area contributed by atoms with Crippen LogP contribution < -0.4 is 0 Å². The molecule has 0 radical (unpaired) electrons. The van der Waals surface area contributed by atoms with Crippen molar-refractivity contribution in [3.63, 3.8) is 0 Å². The third kappa shape index (κ3) is 1.13. The van der Waals surface area contributed by atoms with Crippen LogP contribution in [0.5, 0.6) is 0 Å². The third-order valence-electron chi connectivity index (χ3n) is 1.87. The highest BCUT2D eigenvalue weighted by Gasteiger charge is 2.19. The van der Waals surface area contributed by atoms with Gasteiger partial charge in [0.1, 0.15) is 5.71 Å². The van der Waals surface area contributed by atoms with Crippen LogP contribution in [0.15, 0.2) is 5.10 Å². The first kappa shape index (κ1) is 7.14. The van der Waals surface area contributed by atoms with Crippen LogP contribution in [-0.2, 0) is 0 Å². The molecule has 1 aliphatic rings. The second-order valence-electron chi connectivity index (χ2n) is 2.53. The fourth-order valence-corrected chi connectivity index (χ4v) is 1.16. The van der Waals surface area contributed by atoms with Gasteiger partial charge in [0.15, 0.2) is 0 Å². The van der Waals surface area contributed by atoms with Crippen molar-refractivity contribution < 1.29 is 0 Å². The second kappa shape index (κ2) is 2.74. The van der Waals surface area contributed by atoms with Crippen molar-refractivity contribution in [3.05, 3.63) is 0 Å². The van der Waals surface area contributed by atoms with Crippen LogP contribution in [0.3, 0.4) is 0 Å². The Morgan fingerprint density at radius 2 is 2.60 bits per heavy atom. The minimum absolute atomic E-state index is 0.533. The van der Waals surface area contributed by atoms with E-state index in [4.69, 9.17) is 6.42 Å². The average Bonchev–Trinajstić information content (AvgIpc) is 2.30. The normalized spacial score (nSPS) is 24.3. The molecule has 1 unspecified atom stereocenters. The van der Waals surface area contributed by atoms with Crippen LogP contribution in [0, 0.1) is 12.3 Å². The van der Waals surface area contributed by atoms with Crippen LogP contribution in [0.1, 0.15) is 19.8 Å². The number of nitrogens with zero attached hydrogens (tertiary/aromatic N) is 2. The van der Waals surface area contributed by atoms with Gasteiger partial charge in [0.05, 0.1) is 6.04 Å². The molecule has 0 aromatic rings. The molecule has 10 heavy (non-hydrogen) atoms. The molecule has 0 saturated heterocycles. The fourth-order valence-electron chi connectivity index (χ4n) is 1.16. The van der Waals surface area contributed by atoms with E-state index in [9.17, 15) is 0 Å². The van der Waals surface area contributed by atoms with Crippen molar-refractivity contribution in [1.29, 1.82) is 0 Å². The van der Waals surface area contributed by atoms with Crippen LogP contribution in [0.25, 0.3) is 0 Å². The van der Waals surface area contributed by atoms with Crippen LogP contribution in [-0.4, -0.2) is 23.8 Å².